The smallest absolute Gasteiger partial charge is 0.222 e. The molecule has 0 atom stereocenters. The van der Waals surface area contributed by atoms with Gasteiger partial charge in [-0.05, 0) is 46.6 Å². The summed E-state index contributed by atoms with van der Waals surface area (Å²) in [4.78, 5) is 20.8. The molecular formula is C19H21BrClN3O2. The van der Waals surface area contributed by atoms with Crippen molar-refractivity contribution < 1.29 is 9.53 Å². The van der Waals surface area contributed by atoms with Gasteiger partial charge in [-0.1, -0.05) is 29.8 Å². The molecule has 1 aliphatic heterocycles. The van der Waals surface area contributed by atoms with Gasteiger partial charge < -0.3 is 14.5 Å². The van der Waals surface area contributed by atoms with E-state index in [2.05, 4.69) is 25.8 Å². The number of benzene rings is 1. The molecule has 26 heavy (non-hydrogen) atoms. The van der Waals surface area contributed by atoms with Gasteiger partial charge in [-0.3, -0.25) is 4.79 Å². The number of nitrogens with zero attached hydrogens (tertiary/aromatic N) is 3. The van der Waals surface area contributed by atoms with Crippen LogP contribution >= 0.6 is 27.5 Å². The fourth-order valence-corrected chi connectivity index (χ4v) is 3.44. The van der Waals surface area contributed by atoms with Crippen LogP contribution in [-0.2, 0) is 4.79 Å². The quantitative estimate of drug-likeness (QED) is 0.505. The summed E-state index contributed by atoms with van der Waals surface area (Å²) in [5.41, 5.74) is 0. The lowest BCUT2D eigenvalue weighted by atomic mass is 10.2. The van der Waals surface area contributed by atoms with Crippen LogP contribution in [0.3, 0.4) is 0 Å². The van der Waals surface area contributed by atoms with Gasteiger partial charge in [0.1, 0.15) is 16.7 Å². The normalized spacial score (nSPS) is 14.4. The molecule has 0 unspecified atom stereocenters. The fourth-order valence-electron chi connectivity index (χ4n) is 2.88. The summed E-state index contributed by atoms with van der Waals surface area (Å²) in [5, 5.41) is 0.492. The number of anilines is 1. The van der Waals surface area contributed by atoms with E-state index in [0.717, 1.165) is 29.1 Å². The molecule has 2 aromatic rings. The van der Waals surface area contributed by atoms with E-state index in [0.29, 0.717) is 37.7 Å². The summed E-state index contributed by atoms with van der Waals surface area (Å²) >= 11 is 9.40. The van der Waals surface area contributed by atoms with Gasteiger partial charge in [0.05, 0.1) is 11.1 Å². The Morgan fingerprint density at radius 1 is 1.12 bits per heavy atom. The number of carbonyl (C=O) groups is 1. The van der Waals surface area contributed by atoms with Crippen molar-refractivity contribution in [3.05, 3.63) is 52.1 Å². The number of aromatic nitrogens is 1. The Morgan fingerprint density at radius 3 is 2.62 bits per heavy atom. The molecule has 0 saturated carbocycles. The molecule has 1 aromatic heterocycles. The van der Waals surface area contributed by atoms with E-state index >= 15 is 0 Å². The molecule has 0 aliphatic carbocycles. The largest absolute Gasteiger partial charge is 0.492 e. The zero-order valence-corrected chi connectivity index (χ0v) is 16.7. The molecule has 0 spiro atoms. The highest BCUT2D eigenvalue weighted by molar-refractivity contribution is 9.10. The lowest BCUT2D eigenvalue weighted by molar-refractivity contribution is -0.131. The summed E-state index contributed by atoms with van der Waals surface area (Å²) in [5.74, 6) is 1.86. The Kier molecular flexibility index (Phi) is 6.74. The second kappa shape index (κ2) is 9.24. The number of rotatable bonds is 6. The van der Waals surface area contributed by atoms with E-state index in [1.807, 2.05) is 41.3 Å². The first kappa shape index (κ1) is 19.0. The predicted octanol–water partition coefficient (Wildman–Crippen LogP) is 4.01. The van der Waals surface area contributed by atoms with Crippen molar-refractivity contribution in [2.24, 2.45) is 0 Å². The molecule has 0 N–H and O–H groups in total. The molecule has 1 aromatic carbocycles. The lowest BCUT2D eigenvalue weighted by Crippen LogP contribution is -2.49. The summed E-state index contributed by atoms with van der Waals surface area (Å²) < 4.78 is 6.64. The lowest BCUT2D eigenvalue weighted by Gasteiger charge is -2.35. The van der Waals surface area contributed by atoms with E-state index < -0.39 is 0 Å². The molecule has 1 aliphatic rings. The van der Waals surface area contributed by atoms with Gasteiger partial charge in [0.15, 0.2) is 0 Å². The van der Waals surface area contributed by atoms with Crippen molar-refractivity contribution in [1.29, 1.82) is 0 Å². The number of para-hydroxylation sites is 1. The highest BCUT2D eigenvalue weighted by atomic mass is 79.9. The summed E-state index contributed by atoms with van der Waals surface area (Å²) in [6.07, 6.45) is 1.20. The standard InChI is InChI=1S/C19H21BrClN3O2/c20-15-5-1-2-6-16(15)26-14-4-9-19(25)24-12-10-23(11-13-24)18-8-3-7-17(21)22-18/h1-3,5-8H,4,9-14H2. The van der Waals surface area contributed by atoms with E-state index in [1.165, 1.54) is 0 Å². The van der Waals surface area contributed by atoms with Gasteiger partial charge in [0.2, 0.25) is 5.91 Å². The summed E-state index contributed by atoms with van der Waals surface area (Å²) in [6.45, 7) is 3.48. The Labute approximate surface area is 167 Å². The molecular weight excluding hydrogens is 418 g/mol. The van der Waals surface area contributed by atoms with Crippen LogP contribution < -0.4 is 9.64 Å². The zero-order chi connectivity index (χ0) is 18.4. The topological polar surface area (TPSA) is 45.7 Å². The van der Waals surface area contributed by atoms with E-state index in [1.54, 1.807) is 6.07 Å². The number of hydrogen-bond donors (Lipinski definition) is 0. The van der Waals surface area contributed by atoms with E-state index in [4.69, 9.17) is 16.3 Å². The number of amides is 1. The van der Waals surface area contributed by atoms with Crippen LogP contribution in [0.25, 0.3) is 0 Å². The number of carbonyl (C=O) groups excluding carboxylic acids is 1. The van der Waals surface area contributed by atoms with Crippen molar-refractivity contribution >= 4 is 39.3 Å². The highest BCUT2D eigenvalue weighted by Crippen LogP contribution is 2.24. The number of pyridine rings is 1. The van der Waals surface area contributed by atoms with Gasteiger partial charge in [0.25, 0.3) is 0 Å². The van der Waals surface area contributed by atoms with Crippen LogP contribution in [0.15, 0.2) is 46.9 Å². The van der Waals surface area contributed by atoms with E-state index in [9.17, 15) is 4.79 Å². The third kappa shape index (κ3) is 5.11. The Balaban J connectivity index is 1.39. The average molecular weight is 439 g/mol. The number of piperazine rings is 1. The molecule has 2 heterocycles. The minimum atomic E-state index is 0.180. The Hall–Kier alpha value is -1.79. The third-order valence-electron chi connectivity index (χ3n) is 4.29. The van der Waals surface area contributed by atoms with Crippen molar-refractivity contribution in [2.75, 3.05) is 37.7 Å². The fraction of sp³-hybridized carbons (Fsp3) is 0.368. The molecule has 3 rings (SSSR count). The second-order valence-electron chi connectivity index (χ2n) is 6.07. The molecule has 7 heteroatoms. The molecule has 1 fully saturated rings. The monoisotopic (exact) mass is 437 g/mol. The maximum atomic E-state index is 12.4. The molecule has 1 amide bonds. The van der Waals surface area contributed by atoms with Crippen molar-refractivity contribution in [2.45, 2.75) is 12.8 Å². The first-order chi connectivity index (χ1) is 12.6. The van der Waals surface area contributed by atoms with Crippen LogP contribution in [0.2, 0.25) is 5.15 Å². The molecule has 0 bridgehead atoms. The van der Waals surface area contributed by atoms with E-state index in [-0.39, 0.29) is 5.91 Å². The van der Waals surface area contributed by atoms with Crippen LogP contribution in [0.4, 0.5) is 5.82 Å². The second-order valence-corrected chi connectivity index (χ2v) is 7.31. The van der Waals surface area contributed by atoms with Crippen LogP contribution in [-0.4, -0.2) is 48.6 Å². The summed E-state index contributed by atoms with van der Waals surface area (Å²) in [7, 11) is 0. The summed E-state index contributed by atoms with van der Waals surface area (Å²) in [6, 6.07) is 13.3. The minimum Gasteiger partial charge on any atom is -0.492 e. The third-order valence-corrected chi connectivity index (χ3v) is 5.15. The van der Waals surface area contributed by atoms with Crippen molar-refractivity contribution in [3.8, 4) is 5.75 Å². The SMILES string of the molecule is O=C(CCCOc1ccccc1Br)N1CCN(c2cccc(Cl)n2)CC1. The van der Waals surface area contributed by atoms with Gasteiger partial charge in [0, 0.05) is 32.6 Å². The molecule has 0 radical (unpaired) electrons. The van der Waals surface area contributed by atoms with Gasteiger partial charge in [-0.2, -0.15) is 0 Å². The maximum Gasteiger partial charge on any atom is 0.222 e. The van der Waals surface area contributed by atoms with Crippen molar-refractivity contribution in [1.82, 2.24) is 9.88 Å². The van der Waals surface area contributed by atoms with Gasteiger partial charge >= 0.3 is 0 Å². The first-order valence-electron chi connectivity index (χ1n) is 8.66. The minimum absolute atomic E-state index is 0.180. The van der Waals surface area contributed by atoms with Crippen molar-refractivity contribution in [3.63, 3.8) is 0 Å². The number of ether oxygens (including phenoxy) is 1. The van der Waals surface area contributed by atoms with Crippen LogP contribution in [0.5, 0.6) is 5.75 Å². The molecule has 138 valence electrons. The van der Waals surface area contributed by atoms with Crippen LogP contribution in [0, 0.1) is 0 Å². The Morgan fingerprint density at radius 2 is 1.88 bits per heavy atom. The average Bonchev–Trinajstić information content (AvgIpc) is 2.66. The first-order valence-corrected chi connectivity index (χ1v) is 9.83. The highest BCUT2D eigenvalue weighted by Gasteiger charge is 2.21. The van der Waals surface area contributed by atoms with Gasteiger partial charge in [-0.15, -0.1) is 0 Å². The zero-order valence-electron chi connectivity index (χ0n) is 14.4. The van der Waals surface area contributed by atoms with Gasteiger partial charge in [-0.25, -0.2) is 4.98 Å². The molecule has 5 nitrogen and oxygen atoms in total. The van der Waals surface area contributed by atoms with Crippen LogP contribution in [0.1, 0.15) is 12.8 Å². The maximum absolute atomic E-state index is 12.4. The Bertz CT molecular complexity index is 751. The number of hydrogen-bond acceptors (Lipinski definition) is 4. The predicted molar refractivity (Wildman–Crippen MR) is 107 cm³/mol. The number of halogens is 2. The molecule has 1 saturated heterocycles.